The van der Waals surface area contributed by atoms with Crippen LogP contribution in [0.1, 0.15) is 24.8 Å². The summed E-state index contributed by atoms with van der Waals surface area (Å²) in [5, 5.41) is 7.91. The summed E-state index contributed by atoms with van der Waals surface area (Å²) in [6, 6.07) is 3.02. The van der Waals surface area contributed by atoms with E-state index in [1.165, 1.54) is 37.9 Å². The summed E-state index contributed by atoms with van der Waals surface area (Å²) in [5.41, 5.74) is 7.86. The summed E-state index contributed by atoms with van der Waals surface area (Å²) >= 11 is 1.79. The van der Waals surface area contributed by atoms with Crippen LogP contribution in [0.5, 0.6) is 0 Å². The second-order valence-corrected chi connectivity index (χ2v) is 6.50. The number of nitrogens with one attached hydrogen (secondary N) is 1. The molecule has 2 heterocycles. The van der Waals surface area contributed by atoms with E-state index in [9.17, 15) is 0 Å². The molecule has 3 N–H and O–H groups in total. The zero-order chi connectivity index (χ0) is 12.4. The molecule has 1 spiro atoms. The molecule has 1 saturated heterocycles. The normalized spacial score (nSPS) is 24.4. The lowest BCUT2D eigenvalue weighted by Gasteiger charge is -2.29. The Kier molecular flexibility index (Phi) is 5.26. The first-order valence-corrected chi connectivity index (χ1v) is 7.94. The topological polar surface area (TPSA) is 41.3 Å². The molecule has 1 aliphatic carbocycles. The number of thiophene rings is 1. The van der Waals surface area contributed by atoms with Gasteiger partial charge in [0, 0.05) is 25.7 Å². The Morgan fingerprint density at radius 1 is 1.42 bits per heavy atom. The van der Waals surface area contributed by atoms with E-state index >= 15 is 0 Å². The van der Waals surface area contributed by atoms with Crippen molar-refractivity contribution in [2.75, 3.05) is 26.2 Å². The molecular weight excluding hydrogens is 278 g/mol. The summed E-state index contributed by atoms with van der Waals surface area (Å²) in [7, 11) is 0. The van der Waals surface area contributed by atoms with Gasteiger partial charge in [-0.1, -0.05) is 0 Å². The molecule has 0 radical (unpaired) electrons. The molecule has 19 heavy (non-hydrogen) atoms. The summed E-state index contributed by atoms with van der Waals surface area (Å²) in [4.78, 5) is 2.62. The Labute approximate surface area is 126 Å². The average molecular weight is 302 g/mol. The number of halogens is 1. The zero-order valence-corrected chi connectivity index (χ0v) is 12.9. The van der Waals surface area contributed by atoms with Crippen LogP contribution in [0.2, 0.25) is 0 Å². The highest BCUT2D eigenvalue weighted by Gasteiger charge is 2.56. The van der Waals surface area contributed by atoms with Gasteiger partial charge in [0.1, 0.15) is 0 Å². The highest BCUT2D eigenvalue weighted by Crippen LogP contribution is 2.55. The second kappa shape index (κ2) is 6.55. The van der Waals surface area contributed by atoms with Crippen molar-refractivity contribution < 1.29 is 0 Å². The van der Waals surface area contributed by atoms with Gasteiger partial charge in [0.2, 0.25) is 0 Å². The van der Waals surface area contributed by atoms with Gasteiger partial charge in [-0.25, -0.2) is 0 Å². The van der Waals surface area contributed by atoms with Crippen molar-refractivity contribution in [3.63, 3.8) is 0 Å². The number of hydrogen-bond donors (Lipinski definition) is 2. The van der Waals surface area contributed by atoms with Gasteiger partial charge in [-0.2, -0.15) is 11.3 Å². The molecule has 1 saturated carbocycles. The van der Waals surface area contributed by atoms with Crippen LogP contribution in [0.25, 0.3) is 0 Å². The van der Waals surface area contributed by atoms with Gasteiger partial charge in [0.05, 0.1) is 0 Å². The highest BCUT2D eigenvalue weighted by atomic mass is 35.5. The predicted molar refractivity (Wildman–Crippen MR) is 84.0 cm³/mol. The van der Waals surface area contributed by atoms with Crippen molar-refractivity contribution >= 4 is 23.7 Å². The lowest BCUT2D eigenvalue weighted by molar-refractivity contribution is 0.200. The van der Waals surface area contributed by atoms with E-state index in [2.05, 4.69) is 27.0 Å². The minimum Gasteiger partial charge on any atom is -0.329 e. The Morgan fingerprint density at radius 2 is 2.21 bits per heavy atom. The third kappa shape index (κ3) is 3.31. The van der Waals surface area contributed by atoms with Crippen LogP contribution in [0.4, 0.5) is 0 Å². The maximum atomic E-state index is 5.79. The molecule has 108 valence electrons. The highest BCUT2D eigenvalue weighted by molar-refractivity contribution is 7.07. The van der Waals surface area contributed by atoms with E-state index in [0.717, 1.165) is 25.7 Å². The standard InChI is InChI=1S/C14H23N3S.ClH/c15-4-7-17(10-12-1-8-18-11-12)13-9-14(13)2-5-16-6-3-14;/h1,8,11,13,16H,2-7,9-10,15H2;1H. The molecular formula is C14H24ClN3S. The third-order valence-corrected chi connectivity index (χ3v) is 5.30. The fourth-order valence-corrected chi connectivity index (χ4v) is 4.09. The summed E-state index contributed by atoms with van der Waals surface area (Å²) in [6.45, 7) is 5.29. The Morgan fingerprint density at radius 3 is 2.84 bits per heavy atom. The van der Waals surface area contributed by atoms with Crippen LogP contribution in [-0.4, -0.2) is 37.1 Å². The summed E-state index contributed by atoms with van der Waals surface area (Å²) in [5.74, 6) is 0. The summed E-state index contributed by atoms with van der Waals surface area (Å²) in [6.07, 6.45) is 4.09. The molecule has 1 aromatic rings. The molecule has 1 atom stereocenters. The van der Waals surface area contributed by atoms with Gasteiger partial charge in [-0.15, -0.1) is 12.4 Å². The fraction of sp³-hybridized carbons (Fsp3) is 0.714. The van der Waals surface area contributed by atoms with Crippen molar-refractivity contribution in [2.24, 2.45) is 11.1 Å². The molecule has 2 aliphatic rings. The first-order chi connectivity index (χ1) is 8.84. The molecule has 2 fully saturated rings. The lowest BCUT2D eigenvalue weighted by Crippen LogP contribution is -2.38. The van der Waals surface area contributed by atoms with Crippen LogP contribution in [0, 0.1) is 5.41 Å². The predicted octanol–water partition coefficient (Wildman–Crippen LogP) is 2.07. The lowest BCUT2D eigenvalue weighted by atomic mass is 9.93. The van der Waals surface area contributed by atoms with E-state index in [1.807, 2.05) is 0 Å². The van der Waals surface area contributed by atoms with Gasteiger partial charge in [-0.05, 0) is 60.2 Å². The number of piperidine rings is 1. The second-order valence-electron chi connectivity index (χ2n) is 5.72. The van der Waals surface area contributed by atoms with Crippen LogP contribution >= 0.6 is 23.7 Å². The van der Waals surface area contributed by atoms with Crippen LogP contribution < -0.4 is 11.1 Å². The van der Waals surface area contributed by atoms with Crippen LogP contribution in [0.3, 0.4) is 0 Å². The van der Waals surface area contributed by atoms with Crippen LogP contribution in [-0.2, 0) is 6.54 Å². The quantitative estimate of drug-likeness (QED) is 0.875. The van der Waals surface area contributed by atoms with Crippen molar-refractivity contribution in [1.82, 2.24) is 10.2 Å². The third-order valence-electron chi connectivity index (χ3n) is 4.57. The molecule has 0 aromatic carbocycles. The Hall–Kier alpha value is -0.130. The molecule has 1 unspecified atom stereocenters. The molecule has 1 aromatic heterocycles. The first-order valence-electron chi connectivity index (χ1n) is 7.00. The molecule has 5 heteroatoms. The van der Waals surface area contributed by atoms with Crippen LogP contribution in [0.15, 0.2) is 16.8 Å². The zero-order valence-electron chi connectivity index (χ0n) is 11.3. The van der Waals surface area contributed by atoms with Crippen molar-refractivity contribution in [3.05, 3.63) is 22.4 Å². The Balaban J connectivity index is 0.00000133. The number of nitrogens with two attached hydrogens (primary N) is 1. The van der Waals surface area contributed by atoms with Crippen molar-refractivity contribution in [3.8, 4) is 0 Å². The van der Waals surface area contributed by atoms with Crippen molar-refractivity contribution in [1.29, 1.82) is 0 Å². The monoisotopic (exact) mass is 301 g/mol. The van der Waals surface area contributed by atoms with Gasteiger partial charge in [0.15, 0.2) is 0 Å². The number of rotatable bonds is 5. The molecule has 3 rings (SSSR count). The maximum Gasteiger partial charge on any atom is 0.0245 e. The SMILES string of the molecule is Cl.NCCN(Cc1ccsc1)C1CC12CCNCC2. The Bertz CT molecular complexity index is 376. The molecule has 0 amide bonds. The fourth-order valence-electron chi connectivity index (χ4n) is 3.43. The van der Waals surface area contributed by atoms with Crippen molar-refractivity contribution in [2.45, 2.75) is 31.8 Å². The van der Waals surface area contributed by atoms with E-state index in [0.29, 0.717) is 5.41 Å². The first kappa shape index (κ1) is 15.3. The van der Waals surface area contributed by atoms with Gasteiger partial charge < -0.3 is 11.1 Å². The molecule has 1 aliphatic heterocycles. The van der Waals surface area contributed by atoms with Gasteiger partial charge in [-0.3, -0.25) is 4.90 Å². The van der Waals surface area contributed by atoms with Gasteiger partial charge >= 0.3 is 0 Å². The average Bonchev–Trinajstić information content (AvgIpc) is 2.85. The van der Waals surface area contributed by atoms with E-state index < -0.39 is 0 Å². The number of nitrogens with zero attached hydrogens (tertiary/aromatic N) is 1. The van der Waals surface area contributed by atoms with E-state index in [4.69, 9.17) is 5.73 Å². The number of hydrogen-bond acceptors (Lipinski definition) is 4. The maximum absolute atomic E-state index is 5.79. The summed E-state index contributed by atoms with van der Waals surface area (Å²) < 4.78 is 0. The van der Waals surface area contributed by atoms with E-state index in [-0.39, 0.29) is 12.4 Å². The molecule has 3 nitrogen and oxygen atoms in total. The largest absolute Gasteiger partial charge is 0.329 e. The smallest absolute Gasteiger partial charge is 0.0245 e. The molecule has 0 bridgehead atoms. The van der Waals surface area contributed by atoms with E-state index in [1.54, 1.807) is 11.3 Å². The minimum atomic E-state index is 0. The minimum absolute atomic E-state index is 0. The van der Waals surface area contributed by atoms with Gasteiger partial charge in [0.25, 0.3) is 0 Å².